The van der Waals surface area contributed by atoms with Gasteiger partial charge in [-0.2, -0.15) is 0 Å². The molecule has 2 rings (SSSR count). The first-order valence-electron chi connectivity index (χ1n) is 8.49. The van der Waals surface area contributed by atoms with Gasteiger partial charge in [0.1, 0.15) is 11.7 Å². The number of nitrogens with one attached hydrogen (secondary N) is 2. The lowest BCUT2D eigenvalue weighted by atomic mass is 10.2. The summed E-state index contributed by atoms with van der Waals surface area (Å²) >= 11 is 5.79. The third-order valence-corrected chi connectivity index (χ3v) is 4.11. The van der Waals surface area contributed by atoms with E-state index in [-0.39, 0.29) is 18.6 Å². The molecule has 0 radical (unpaired) electrons. The maximum Gasteiger partial charge on any atom is 0.243 e. The summed E-state index contributed by atoms with van der Waals surface area (Å²) in [6.45, 7) is 2.28. The Morgan fingerprint density at radius 3 is 2.92 bits per heavy atom. The summed E-state index contributed by atoms with van der Waals surface area (Å²) in [5.41, 5.74) is 1.08. The SMILES string of the molecule is CN(C)C(=O)CN=C(NCCc1ccc(Cl)nc1)NCC1CCCO1. The Balaban J connectivity index is 1.84. The number of aliphatic imine (C=N–C) groups is 1. The van der Waals surface area contributed by atoms with Crippen molar-refractivity contribution >= 4 is 23.5 Å². The standard InChI is InChI=1S/C17H26ClN5O2/c1-23(2)16(24)12-22-17(21-11-14-4-3-9-25-14)19-8-7-13-5-6-15(18)20-10-13/h5-6,10,14H,3-4,7-9,11-12H2,1-2H3,(H2,19,21,22). The highest BCUT2D eigenvalue weighted by atomic mass is 35.5. The number of hydrogen-bond donors (Lipinski definition) is 2. The van der Waals surface area contributed by atoms with E-state index < -0.39 is 0 Å². The van der Waals surface area contributed by atoms with Crippen LogP contribution in [0.3, 0.4) is 0 Å². The predicted molar refractivity (Wildman–Crippen MR) is 98.9 cm³/mol. The molecule has 1 fully saturated rings. The molecule has 7 nitrogen and oxygen atoms in total. The molecule has 1 saturated heterocycles. The van der Waals surface area contributed by atoms with Gasteiger partial charge in [-0.1, -0.05) is 17.7 Å². The summed E-state index contributed by atoms with van der Waals surface area (Å²) in [6, 6.07) is 3.72. The molecule has 0 saturated carbocycles. The number of carbonyl (C=O) groups excluding carboxylic acids is 1. The van der Waals surface area contributed by atoms with Crippen LogP contribution in [0.25, 0.3) is 0 Å². The molecule has 1 aromatic rings. The number of amides is 1. The number of aromatic nitrogens is 1. The minimum absolute atomic E-state index is 0.0416. The van der Waals surface area contributed by atoms with Crippen LogP contribution in [0, 0.1) is 0 Å². The lowest BCUT2D eigenvalue weighted by molar-refractivity contribution is -0.127. The lowest BCUT2D eigenvalue weighted by Crippen LogP contribution is -2.42. The van der Waals surface area contributed by atoms with Crippen LogP contribution in [0.4, 0.5) is 0 Å². The Hall–Kier alpha value is -1.86. The van der Waals surface area contributed by atoms with Gasteiger partial charge in [-0.25, -0.2) is 9.98 Å². The number of carbonyl (C=O) groups is 1. The van der Waals surface area contributed by atoms with Crippen molar-refractivity contribution < 1.29 is 9.53 Å². The van der Waals surface area contributed by atoms with Gasteiger partial charge in [0.25, 0.3) is 0 Å². The van der Waals surface area contributed by atoms with Crippen molar-refractivity contribution in [3.8, 4) is 0 Å². The first kappa shape index (κ1) is 19.5. The van der Waals surface area contributed by atoms with Gasteiger partial charge in [-0.15, -0.1) is 0 Å². The van der Waals surface area contributed by atoms with Crippen LogP contribution in [0.5, 0.6) is 0 Å². The number of likely N-dealkylation sites (N-methyl/N-ethyl adjacent to an activating group) is 1. The van der Waals surface area contributed by atoms with E-state index in [1.807, 2.05) is 6.07 Å². The Bertz CT molecular complexity index is 571. The van der Waals surface area contributed by atoms with Crippen molar-refractivity contribution in [2.24, 2.45) is 4.99 Å². The van der Waals surface area contributed by atoms with Crippen LogP contribution >= 0.6 is 11.6 Å². The summed E-state index contributed by atoms with van der Waals surface area (Å²) in [6.07, 6.45) is 4.89. The normalized spacial score (nSPS) is 17.4. The molecule has 2 N–H and O–H groups in total. The summed E-state index contributed by atoms with van der Waals surface area (Å²) in [5, 5.41) is 7.00. The lowest BCUT2D eigenvalue weighted by Gasteiger charge is -2.16. The summed E-state index contributed by atoms with van der Waals surface area (Å²) < 4.78 is 5.61. The van der Waals surface area contributed by atoms with Gasteiger partial charge in [0.15, 0.2) is 5.96 Å². The number of halogens is 1. The topological polar surface area (TPSA) is 78.9 Å². The second kappa shape index (κ2) is 10.2. The second-order valence-corrected chi connectivity index (χ2v) is 6.52. The first-order chi connectivity index (χ1) is 12.0. The van der Waals surface area contributed by atoms with Crippen molar-refractivity contribution in [1.29, 1.82) is 0 Å². The number of rotatable bonds is 7. The zero-order valence-corrected chi connectivity index (χ0v) is 15.6. The third kappa shape index (κ3) is 7.27. The quantitative estimate of drug-likeness (QED) is 0.428. The largest absolute Gasteiger partial charge is 0.376 e. The number of guanidine groups is 1. The van der Waals surface area contributed by atoms with E-state index in [1.165, 1.54) is 4.90 Å². The maximum atomic E-state index is 11.8. The van der Waals surface area contributed by atoms with E-state index in [4.69, 9.17) is 16.3 Å². The fourth-order valence-corrected chi connectivity index (χ4v) is 2.47. The molecule has 0 bridgehead atoms. The average molecular weight is 368 g/mol. The van der Waals surface area contributed by atoms with Gasteiger partial charge in [0, 0.05) is 40.0 Å². The molecule has 138 valence electrons. The molecule has 1 aliphatic heterocycles. The molecule has 1 amide bonds. The second-order valence-electron chi connectivity index (χ2n) is 6.13. The number of hydrogen-bond acceptors (Lipinski definition) is 4. The van der Waals surface area contributed by atoms with Gasteiger partial charge in [0.05, 0.1) is 6.10 Å². The highest BCUT2D eigenvalue weighted by Gasteiger charge is 2.15. The minimum Gasteiger partial charge on any atom is -0.376 e. The molecule has 25 heavy (non-hydrogen) atoms. The number of pyridine rings is 1. The Morgan fingerprint density at radius 1 is 1.44 bits per heavy atom. The van der Waals surface area contributed by atoms with Gasteiger partial charge in [-0.3, -0.25) is 4.79 Å². The summed E-state index contributed by atoms with van der Waals surface area (Å²) in [7, 11) is 3.44. The van der Waals surface area contributed by atoms with Crippen LogP contribution in [0.2, 0.25) is 5.15 Å². The van der Waals surface area contributed by atoms with Gasteiger partial charge >= 0.3 is 0 Å². The van der Waals surface area contributed by atoms with Crippen LogP contribution in [-0.2, 0) is 16.0 Å². The molecule has 2 heterocycles. The highest BCUT2D eigenvalue weighted by Crippen LogP contribution is 2.10. The molecule has 1 unspecified atom stereocenters. The third-order valence-electron chi connectivity index (χ3n) is 3.89. The van der Waals surface area contributed by atoms with Gasteiger partial charge in [-0.05, 0) is 30.9 Å². The summed E-state index contributed by atoms with van der Waals surface area (Å²) in [5.74, 6) is 0.577. The Kier molecular flexibility index (Phi) is 7.94. The van der Waals surface area contributed by atoms with Crippen molar-refractivity contribution in [3.05, 3.63) is 29.0 Å². The molecule has 0 aliphatic carbocycles. The van der Waals surface area contributed by atoms with Crippen LogP contribution in [-0.4, -0.2) is 68.2 Å². The van der Waals surface area contributed by atoms with E-state index >= 15 is 0 Å². The van der Waals surface area contributed by atoms with E-state index in [2.05, 4.69) is 20.6 Å². The fraction of sp³-hybridized carbons (Fsp3) is 0.588. The molecular weight excluding hydrogens is 342 g/mol. The monoisotopic (exact) mass is 367 g/mol. The van der Waals surface area contributed by atoms with Crippen LogP contribution in [0.1, 0.15) is 18.4 Å². The molecule has 1 aromatic heterocycles. The predicted octanol–water partition coefficient (Wildman–Crippen LogP) is 1.08. The molecule has 8 heteroatoms. The average Bonchev–Trinajstić information content (AvgIpc) is 3.11. The Labute approximate surface area is 153 Å². The van der Waals surface area contributed by atoms with Crippen LogP contribution in [0.15, 0.2) is 23.3 Å². The zero-order valence-electron chi connectivity index (χ0n) is 14.8. The van der Waals surface area contributed by atoms with E-state index in [9.17, 15) is 4.79 Å². The molecule has 1 aliphatic rings. The minimum atomic E-state index is -0.0416. The van der Waals surface area contributed by atoms with E-state index in [0.717, 1.165) is 31.4 Å². The summed E-state index contributed by atoms with van der Waals surface area (Å²) in [4.78, 5) is 21.7. The van der Waals surface area contributed by atoms with Crippen molar-refractivity contribution in [3.63, 3.8) is 0 Å². The van der Waals surface area contributed by atoms with Gasteiger partial charge in [0.2, 0.25) is 5.91 Å². The molecular formula is C17H26ClN5O2. The van der Waals surface area contributed by atoms with Gasteiger partial charge < -0.3 is 20.3 Å². The Morgan fingerprint density at radius 2 is 2.28 bits per heavy atom. The van der Waals surface area contributed by atoms with Crippen molar-refractivity contribution in [2.45, 2.75) is 25.4 Å². The zero-order chi connectivity index (χ0) is 18.1. The van der Waals surface area contributed by atoms with E-state index in [0.29, 0.717) is 24.2 Å². The fourth-order valence-electron chi connectivity index (χ4n) is 2.36. The smallest absolute Gasteiger partial charge is 0.243 e. The van der Waals surface area contributed by atoms with Crippen molar-refractivity contribution in [2.75, 3.05) is 40.3 Å². The molecule has 0 aromatic carbocycles. The van der Waals surface area contributed by atoms with Crippen molar-refractivity contribution in [1.82, 2.24) is 20.5 Å². The maximum absolute atomic E-state index is 11.8. The van der Waals surface area contributed by atoms with Crippen LogP contribution < -0.4 is 10.6 Å². The molecule has 0 spiro atoms. The molecule has 1 atom stereocenters. The number of nitrogens with zero attached hydrogens (tertiary/aromatic N) is 3. The number of ether oxygens (including phenoxy) is 1. The van der Waals surface area contributed by atoms with E-state index in [1.54, 1.807) is 26.4 Å². The highest BCUT2D eigenvalue weighted by molar-refractivity contribution is 6.29. The first-order valence-corrected chi connectivity index (χ1v) is 8.87.